The first-order valence-corrected chi connectivity index (χ1v) is 8.66. The van der Waals surface area contributed by atoms with Crippen molar-refractivity contribution in [2.24, 2.45) is 0 Å². The van der Waals surface area contributed by atoms with Crippen LogP contribution in [0, 0.1) is 0 Å². The quantitative estimate of drug-likeness (QED) is 0.328. The predicted octanol–water partition coefficient (Wildman–Crippen LogP) is -8.57. The Hall–Kier alpha value is 1.59. The fourth-order valence-electron chi connectivity index (χ4n) is 1.23. The van der Waals surface area contributed by atoms with E-state index in [1.165, 1.54) is 24.3 Å². The van der Waals surface area contributed by atoms with Gasteiger partial charge in [-0.25, -0.2) is 0 Å². The first-order valence-electron chi connectivity index (χ1n) is 5.71. The van der Waals surface area contributed by atoms with Crippen molar-refractivity contribution in [1.29, 1.82) is 0 Å². The van der Waals surface area contributed by atoms with E-state index in [1.807, 2.05) is 0 Å². The molecule has 0 heterocycles. The first kappa shape index (κ1) is 31.3. The van der Waals surface area contributed by atoms with E-state index in [-0.39, 0.29) is 118 Å². The molecular weight excluding hydrogens is 481 g/mol. The maximum Gasteiger partial charge on any atom is 1.00 e. The van der Waals surface area contributed by atoms with Crippen LogP contribution in [0.15, 0.2) is 60.7 Å². The van der Waals surface area contributed by atoms with Crippen LogP contribution in [-0.4, -0.2) is 4.89 Å². The molecule has 0 saturated carbocycles. The van der Waals surface area contributed by atoms with E-state index >= 15 is 0 Å². The summed E-state index contributed by atoms with van der Waals surface area (Å²) in [7, 11) is -9.53. The van der Waals surface area contributed by atoms with Gasteiger partial charge in [0.05, 0.1) is 0 Å². The van der Waals surface area contributed by atoms with Crippen LogP contribution in [0.5, 0.6) is 11.5 Å². The summed E-state index contributed by atoms with van der Waals surface area (Å²) in [4.78, 5) is 38.5. The van der Waals surface area contributed by atoms with Crippen LogP contribution in [0.4, 0.5) is 0 Å². The summed E-state index contributed by atoms with van der Waals surface area (Å²) >= 11 is 0. The molecule has 0 aliphatic heterocycles. The van der Waals surface area contributed by atoms with Gasteiger partial charge in [0.1, 0.15) is 19.3 Å². The third-order valence-electron chi connectivity index (χ3n) is 1.92. The minimum atomic E-state index is -4.89. The van der Waals surface area contributed by atoms with E-state index in [2.05, 4.69) is 9.05 Å². The summed E-state index contributed by atoms with van der Waals surface area (Å²) in [5.74, 6) is 0.147. The van der Waals surface area contributed by atoms with Gasteiger partial charge in [-0.2, -0.15) is 0 Å². The molecule has 0 bridgehead atoms. The van der Waals surface area contributed by atoms with Gasteiger partial charge in [0.15, 0.2) is 0 Å². The fraction of sp³-hybridized carbons (Fsp3) is 0. The number of phosphoric ester groups is 2. The fourth-order valence-corrected chi connectivity index (χ4v) is 1.99. The van der Waals surface area contributed by atoms with E-state index in [0.717, 1.165) is 0 Å². The molecule has 2 aromatic carbocycles. The summed E-state index contributed by atoms with van der Waals surface area (Å²) < 4.78 is 28.4. The normalized spacial score (nSPS) is 11.7. The van der Waals surface area contributed by atoms with Gasteiger partial charge in [0, 0.05) is 0 Å². The Morgan fingerprint density at radius 3 is 1.32 bits per heavy atom. The van der Waals surface area contributed by atoms with Crippen molar-refractivity contribution in [3.8, 4) is 11.5 Å². The SMILES string of the molecule is O=P([O-])(O)Oc1ccccc1.O=P([O-])([O-])Oc1ccccc1.[Cs+].[Li+].[Li+]. The molecule has 0 aliphatic rings. The Kier molecular flexibility index (Phi) is 19.4. The Balaban J connectivity index is -0.000000346. The van der Waals surface area contributed by atoms with Crippen molar-refractivity contribution in [2.45, 2.75) is 0 Å². The monoisotopic (exact) mass is 492 g/mol. The Morgan fingerprint density at radius 2 is 1.04 bits per heavy atom. The smallest absolute Gasteiger partial charge is 0.780 e. The molecule has 2 rings (SSSR count). The maximum atomic E-state index is 10.2. The zero-order valence-electron chi connectivity index (χ0n) is 14.0. The summed E-state index contributed by atoms with van der Waals surface area (Å²) in [6.07, 6.45) is 0. The molecule has 8 nitrogen and oxygen atoms in total. The zero-order chi connectivity index (χ0) is 16.6. The summed E-state index contributed by atoms with van der Waals surface area (Å²) in [6.45, 7) is 0. The topological polar surface area (TPSA) is 142 Å². The summed E-state index contributed by atoms with van der Waals surface area (Å²) in [5.41, 5.74) is 0. The number of hydrogen-bond acceptors (Lipinski definition) is 7. The van der Waals surface area contributed by atoms with Crippen LogP contribution < -0.4 is 130 Å². The average Bonchev–Trinajstić information content (AvgIpc) is 2.38. The van der Waals surface area contributed by atoms with E-state index in [4.69, 9.17) is 4.89 Å². The van der Waals surface area contributed by atoms with Gasteiger partial charge in [-0.3, -0.25) is 4.57 Å². The molecule has 0 radical (unpaired) electrons. The van der Waals surface area contributed by atoms with E-state index in [0.29, 0.717) is 0 Å². The van der Waals surface area contributed by atoms with E-state index < -0.39 is 15.6 Å². The van der Waals surface area contributed by atoms with Crippen LogP contribution in [0.2, 0.25) is 0 Å². The molecule has 1 unspecified atom stereocenters. The van der Waals surface area contributed by atoms with Gasteiger partial charge in [0.25, 0.3) is 0 Å². The Labute approximate surface area is 228 Å². The van der Waals surface area contributed by atoms with Crippen molar-refractivity contribution >= 4 is 15.6 Å². The number of hydrogen-bond donors (Lipinski definition) is 1. The first-order chi connectivity index (χ1) is 10.2. The van der Waals surface area contributed by atoms with E-state index in [9.17, 15) is 23.8 Å². The third kappa shape index (κ3) is 18.7. The Morgan fingerprint density at radius 1 is 0.720 bits per heavy atom. The minimum absolute atomic E-state index is 0. The van der Waals surface area contributed by atoms with Crippen molar-refractivity contribution in [2.75, 3.05) is 0 Å². The number of para-hydroxylation sites is 2. The van der Waals surface area contributed by atoms with Crippen LogP contribution in [0.25, 0.3) is 0 Å². The molecule has 0 amide bonds. The number of benzene rings is 2. The van der Waals surface area contributed by atoms with Crippen molar-refractivity contribution in [3.05, 3.63) is 60.7 Å². The van der Waals surface area contributed by atoms with Crippen molar-refractivity contribution < 1.29 is 144 Å². The van der Waals surface area contributed by atoms with Gasteiger partial charge in [-0.15, -0.1) is 0 Å². The standard InChI is InChI=1S/2C6H7O4P.Cs.2Li/c2*7-11(8,9)10-6-4-2-1-3-5-6;;;/h2*1-5H,(H2,7,8,9);;;/q;;3*+1/p-3. The van der Waals surface area contributed by atoms with Crippen LogP contribution in [-0.2, 0) is 9.13 Å². The summed E-state index contributed by atoms with van der Waals surface area (Å²) in [6, 6.07) is 15.4. The molecule has 0 saturated heterocycles. The molecule has 13 heteroatoms. The van der Waals surface area contributed by atoms with Crippen LogP contribution >= 0.6 is 15.6 Å². The number of rotatable bonds is 4. The van der Waals surface area contributed by atoms with Gasteiger partial charge >= 0.3 is 114 Å². The zero-order valence-corrected chi connectivity index (χ0v) is 22.0. The molecular formula is C12H11CsLi2O8P2. The number of phosphoric acid groups is 2. The van der Waals surface area contributed by atoms with Crippen molar-refractivity contribution in [1.82, 2.24) is 0 Å². The van der Waals surface area contributed by atoms with Crippen LogP contribution in [0.1, 0.15) is 0 Å². The maximum absolute atomic E-state index is 10.2. The molecule has 0 aromatic heterocycles. The van der Waals surface area contributed by atoms with Gasteiger partial charge in [-0.1, -0.05) is 36.4 Å². The molecule has 1 atom stereocenters. The Bertz CT molecular complexity index is 606. The van der Waals surface area contributed by atoms with Crippen LogP contribution in [0.3, 0.4) is 0 Å². The van der Waals surface area contributed by atoms with Gasteiger partial charge in [-0.05, 0) is 24.3 Å². The molecule has 2 aromatic rings. The second-order valence-electron chi connectivity index (χ2n) is 3.72. The largest absolute Gasteiger partial charge is 1.00 e. The van der Waals surface area contributed by atoms with Crippen molar-refractivity contribution in [3.63, 3.8) is 0 Å². The summed E-state index contributed by atoms with van der Waals surface area (Å²) in [5, 5.41) is 0. The molecule has 0 spiro atoms. The predicted molar refractivity (Wildman–Crippen MR) is 71.6 cm³/mol. The molecule has 1 N–H and O–H groups in total. The third-order valence-corrected chi connectivity index (χ3v) is 2.80. The second-order valence-corrected chi connectivity index (χ2v) is 5.92. The minimum Gasteiger partial charge on any atom is -0.780 e. The second kappa shape index (κ2) is 15.5. The van der Waals surface area contributed by atoms with Gasteiger partial charge in [0.2, 0.25) is 0 Å². The van der Waals surface area contributed by atoms with Gasteiger partial charge < -0.3 is 33.2 Å². The average molecular weight is 492 g/mol. The molecule has 0 aliphatic carbocycles. The van der Waals surface area contributed by atoms with E-state index in [1.54, 1.807) is 36.4 Å². The molecule has 120 valence electrons. The molecule has 0 fully saturated rings. The molecule has 25 heavy (non-hydrogen) atoms.